The summed E-state index contributed by atoms with van der Waals surface area (Å²) in [6.45, 7) is -3.28. The van der Waals surface area contributed by atoms with Crippen LogP contribution in [-0.4, -0.2) is 30.8 Å². The molecule has 0 unspecified atom stereocenters. The SMILES string of the molecule is NC(CF)(CF)C(=O)CC(F)(F)F. The van der Waals surface area contributed by atoms with Crippen molar-refractivity contribution in [2.75, 3.05) is 13.3 Å². The highest BCUT2D eigenvalue weighted by Crippen LogP contribution is 2.23. The summed E-state index contributed by atoms with van der Waals surface area (Å²) in [5.41, 5.74) is 2.10. The fourth-order valence-electron chi connectivity index (χ4n) is 0.543. The maximum Gasteiger partial charge on any atom is 0.395 e. The van der Waals surface area contributed by atoms with Crippen molar-refractivity contribution in [3.8, 4) is 0 Å². The number of ketones is 1. The van der Waals surface area contributed by atoms with Crippen LogP contribution in [0.4, 0.5) is 22.0 Å². The summed E-state index contributed by atoms with van der Waals surface area (Å²) >= 11 is 0. The summed E-state index contributed by atoms with van der Waals surface area (Å²) in [6, 6.07) is 0. The van der Waals surface area contributed by atoms with Gasteiger partial charge in [-0.1, -0.05) is 0 Å². The molecule has 13 heavy (non-hydrogen) atoms. The second kappa shape index (κ2) is 3.99. The second-order valence-electron chi connectivity index (χ2n) is 2.64. The third-order valence-corrected chi connectivity index (χ3v) is 1.39. The highest BCUT2D eigenvalue weighted by atomic mass is 19.4. The third-order valence-electron chi connectivity index (χ3n) is 1.39. The normalized spacial score (nSPS) is 13.1. The number of halogens is 5. The van der Waals surface area contributed by atoms with E-state index in [0.717, 1.165) is 0 Å². The molecule has 0 atom stereocenters. The molecule has 0 fully saturated rings. The average molecular weight is 205 g/mol. The van der Waals surface area contributed by atoms with Crippen LogP contribution in [0.5, 0.6) is 0 Å². The van der Waals surface area contributed by atoms with E-state index < -0.39 is 37.3 Å². The van der Waals surface area contributed by atoms with Crippen LogP contribution in [-0.2, 0) is 4.79 Å². The highest BCUT2D eigenvalue weighted by molar-refractivity contribution is 5.89. The Labute approximate surface area is 70.9 Å². The monoisotopic (exact) mass is 205 g/mol. The quantitative estimate of drug-likeness (QED) is 0.699. The number of Topliss-reactive ketones (excluding diaryl/α,β-unsaturated/α-hetero) is 1. The lowest BCUT2D eigenvalue weighted by molar-refractivity contribution is -0.156. The molecule has 0 aromatic carbocycles. The van der Waals surface area contributed by atoms with Crippen LogP contribution in [0.15, 0.2) is 0 Å². The minimum absolute atomic E-state index is 1.64. The summed E-state index contributed by atoms with van der Waals surface area (Å²) in [5, 5.41) is 0. The Balaban J connectivity index is 4.41. The molecule has 0 radical (unpaired) electrons. The van der Waals surface area contributed by atoms with Crippen molar-refractivity contribution in [1.29, 1.82) is 0 Å². The van der Waals surface area contributed by atoms with Crippen molar-refractivity contribution in [3.05, 3.63) is 0 Å². The zero-order valence-corrected chi connectivity index (χ0v) is 6.50. The maximum absolute atomic E-state index is 11.9. The number of alkyl halides is 5. The van der Waals surface area contributed by atoms with Gasteiger partial charge in [0, 0.05) is 0 Å². The smallest absolute Gasteiger partial charge is 0.315 e. The molecule has 2 N–H and O–H groups in total. The predicted octanol–water partition coefficient (Wildman–Crippen LogP) is 1.14. The van der Waals surface area contributed by atoms with Gasteiger partial charge in [0.05, 0.1) is 0 Å². The van der Waals surface area contributed by atoms with E-state index in [1.165, 1.54) is 0 Å². The van der Waals surface area contributed by atoms with E-state index in [1.807, 2.05) is 0 Å². The molecule has 78 valence electrons. The molecule has 0 amide bonds. The Kier molecular flexibility index (Phi) is 3.77. The molecule has 0 aromatic heterocycles. The first-order valence-corrected chi connectivity index (χ1v) is 3.26. The Hall–Kier alpha value is -0.720. The molecule has 0 aliphatic carbocycles. The van der Waals surface area contributed by atoms with Gasteiger partial charge in [-0.2, -0.15) is 13.2 Å². The predicted molar refractivity (Wildman–Crippen MR) is 34.5 cm³/mol. The van der Waals surface area contributed by atoms with Gasteiger partial charge in [-0.05, 0) is 0 Å². The molecule has 0 rings (SSSR count). The second-order valence-corrected chi connectivity index (χ2v) is 2.64. The molecule has 0 aromatic rings. The topological polar surface area (TPSA) is 43.1 Å². The van der Waals surface area contributed by atoms with Gasteiger partial charge in [-0.25, -0.2) is 8.78 Å². The number of carbonyl (C=O) groups excluding carboxylic acids is 1. The molecule has 0 bridgehead atoms. The maximum atomic E-state index is 11.9. The van der Waals surface area contributed by atoms with Gasteiger partial charge in [0.1, 0.15) is 25.3 Å². The van der Waals surface area contributed by atoms with Crippen LogP contribution < -0.4 is 5.73 Å². The van der Waals surface area contributed by atoms with Gasteiger partial charge in [0.15, 0.2) is 5.78 Å². The number of hydrogen-bond donors (Lipinski definition) is 1. The third kappa shape index (κ3) is 3.67. The number of hydrogen-bond acceptors (Lipinski definition) is 2. The van der Waals surface area contributed by atoms with Gasteiger partial charge in [0.25, 0.3) is 0 Å². The highest BCUT2D eigenvalue weighted by Gasteiger charge is 2.41. The number of nitrogens with two attached hydrogens (primary N) is 1. The molecule has 7 heteroatoms. The Morgan fingerprint density at radius 1 is 1.15 bits per heavy atom. The first-order valence-electron chi connectivity index (χ1n) is 3.26. The first kappa shape index (κ1) is 12.3. The van der Waals surface area contributed by atoms with Crippen molar-refractivity contribution in [2.24, 2.45) is 5.73 Å². The van der Waals surface area contributed by atoms with E-state index in [9.17, 15) is 26.7 Å². The molecular weight excluding hydrogens is 197 g/mol. The minimum atomic E-state index is -4.79. The molecule has 0 aliphatic heterocycles. The number of rotatable bonds is 4. The first-order chi connectivity index (χ1) is 5.75. The van der Waals surface area contributed by atoms with E-state index >= 15 is 0 Å². The van der Waals surface area contributed by atoms with Crippen LogP contribution in [0, 0.1) is 0 Å². The molecule has 0 aliphatic rings. The Bertz CT molecular complexity index is 186. The van der Waals surface area contributed by atoms with Crippen molar-refractivity contribution in [2.45, 2.75) is 18.1 Å². The van der Waals surface area contributed by atoms with Gasteiger partial charge in [-0.15, -0.1) is 0 Å². The average Bonchev–Trinajstić information content (AvgIpc) is 2.00. The van der Waals surface area contributed by atoms with E-state index in [4.69, 9.17) is 5.73 Å². The lowest BCUT2D eigenvalue weighted by atomic mass is 9.96. The standard InChI is InChI=1S/C6H8F5NO/c7-2-5(12,3-8)4(13)1-6(9,10)11/h1-3,12H2. The zero-order chi connectivity index (χ0) is 10.7. The van der Waals surface area contributed by atoms with Crippen LogP contribution in [0.3, 0.4) is 0 Å². The fourth-order valence-corrected chi connectivity index (χ4v) is 0.543. The van der Waals surface area contributed by atoms with Gasteiger partial charge >= 0.3 is 6.18 Å². The summed E-state index contributed by atoms with van der Waals surface area (Å²) in [5.74, 6) is -1.68. The summed E-state index contributed by atoms with van der Waals surface area (Å²) in [6.07, 6.45) is -6.69. The van der Waals surface area contributed by atoms with Gasteiger partial charge < -0.3 is 5.73 Å². The molecule has 0 spiro atoms. The molecule has 0 heterocycles. The van der Waals surface area contributed by atoms with Gasteiger partial charge in [-0.3, -0.25) is 4.79 Å². The molecule has 0 saturated carbocycles. The van der Waals surface area contributed by atoms with Crippen molar-refractivity contribution in [3.63, 3.8) is 0 Å². The number of carbonyl (C=O) groups is 1. The van der Waals surface area contributed by atoms with E-state index in [2.05, 4.69) is 0 Å². The van der Waals surface area contributed by atoms with Crippen LogP contribution in [0.2, 0.25) is 0 Å². The van der Waals surface area contributed by atoms with Crippen molar-refractivity contribution in [1.82, 2.24) is 0 Å². The molecule has 2 nitrogen and oxygen atoms in total. The fraction of sp³-hybridized carbons (Fsp3) is 0.833. The van der Waals surface area contributed by atoms with Gasteiger partial charge in [0.2, 0.25) is 0 Å². The van der Waals surface area contributed by atoms with Crippen LogP contribution >= 0.6 is 0 Å². The Morgan fingerprint density at radius 3 is 1.77 bits per heavy atom. The van der Waals surface area contributed by atoms with Crippen molar-refractivity contribution >= 4 is 5.78 Å². The lowest BCUT2D eigenvalue weighted by Crippen LogP contribution is -2.53. The molecular formula is C6H8F5NO. The van der Waals surface area contributed by atoms with E-state index in [1.54, 1.807) is 0 Å². The summed E-state index contributed by atoms with van der Waals surface area (Å²) in [7, 11) is 0. The summed E-state index contributed by atoms with van der Waals surface area (Å²) < 4.78 is 58.6. The molecule has 0 saturated heterocycles. The largest absolute Gasteiger partial charge is 0.395 e. The van der Waals surface area contributed by atoms with Crippen LogP contribution in [0.25, 0.3) is 0 Å². The van der Waals surface area contributed by atoms with Crippen LogP contribution in [0.1, 0.15) is 6.42 Å². The van der Waals surface area contributed by atoms with Crippen molar-refractivity contribution < 1.29 is 26.7 Å². The Morgan fingerprint density at radius 2 is 1.54 bits per heavy atom. The summed E-state index contributed by atoms with van der Waals surface area (Å²) in [4.78, 5) is 10.6. The van der Waals surface area contributed by atoms with E-state index in [0.29, 0.717) is 0 Å². The lowest BCUT2D eigenvalue weighted by Gasteiger charge is -2.21. The van der Waals surface area contributed by atoms with E-state index in [-0.39, 0.29) is 0 Å². The zero-order valence-electron chi connectivity index (χ0n) is 6.50. The minimum Gasteiger partial charge on any atom is -0.315 e.